The van der Waals surface area contributed by atoms with Gasteiger partial charge in [-0.3, -0.25) is 30.3 Å². The molecule has 7 aromatic carbocycles. The van der Waals surface area contributed by atoms with E-state index in [9.17, 15) is 61.0 Å². The number of nitrogens with two attached hydrogens (primary N) is 3. The van der Waals surface area contributed by atoms with Crippen LogP contribution in [-0.2, 0) is 49.7 Å². The molecule has 0 saturated carbocycles. The molecule has 14 N–H and O–H groups in total. The standard InChI is InChI=1S/C17H23N3OS.C16H21N3OS.2C15H17N3O3S.C15H19N3OS.C14H15N3O3S.C14H17N3OS/c1-19(2)13-9-8-11(10-14(13)20(3)4)17-18-12-6-5-7-15(21)16(12)22-17;1-19(2)13-8-7-10(9-11(13)17)16-18-12-5-4-6-14(20-3)15(12)21-16;2*1-17(2)11-7-6-9(8-12(11)18(20)21)15-16-10-4-3-5-13(19)14(10)22-15;1-18(2)12-7-6-9(8-10(12)16)15-17-11-4-3-5-13(19)14(11)20-15;1-15-9-6-5-8(7-11(9)17(19)20)14-16-10-3-2-4-12(18)13(10)21-14;1-16-10-6-5-8(7-9(10)15)14-17-11-3-2-4-12(18)13(11)19-14/h8-10,15,21H,5-7H2,1-4H3;7-9,14H,4-6,17H2,1-3H3;2*6-8,13,19H,3-5H2,1-2H3;6-8,13,19H,3-5,16H2,1-2H3;5-7,12,15,18H,2-4H2,1H3;5-7,12,16,18H,2-4,15H2,1H3. The molecule has 21 rings (SSSR count). The topological polar surface area (TPSA) is 472 Å². The number of methoxy groups -OCH3 is 1. The van der Waals surface area contributed by atoms with Crippen LogP contribution >= 0.6 is 79.4 Å². The third-order valence-corrected chi connectivity index (χ3v) is 35.2. The second kappa shape index (κ2) is 48.3. The van der Waals surface area contributed by atoms with Crippen LogP contribution in [0.15, 0.2) is 127 Å². The van der Waals surface area contributed by atoms with Crippen LogP contribution in [0.2, 0.25) is 0 Å². The quantitative estimate of drug-likeness (QED) is 0.0203. The Bertz CT molecular complexity index is 6900. The monoisotopic (exact) mass is 2130 g/mol. The Labute approximate surface area is 883 Å². The number of nitrogens with zero attached hydrogens (tertiary/aromatic N) is 16. The maximum atomic E-state index is 11.3. The van der Waals surface area contributed by atoms with Crippen LogP contribution in [0.5, 0.6) is 0 Å². The molecule has 778 valence electrons. The van der Waals surface area contributed by atoms with E-state index in [0.29, 0.717) is 28.3 Å². The number of rotatable bonds is 19. The number of hydrogen-bond acceptors (Lipinski definition) is 38. The van der Waals surface area contributed by atoms with E-state index in [0.717, 1.165) is 295 Å². The molecule has 7 atom stereocenters. The molecule has 0 amide bonds. The second-order valence-electron chi connectivity index (χ2n) is 38.2. The van der Waals surface area contributed by atoms with Gasteiger partial charge in [0.15, 0.2) is 0 Å². The average molecular weight is 2130 g/mol. The minimum Gasteiger partial charge on any atom is -0.397 e. The predicted octanol–water partition coefficient (Wildman–Crippen LogP) is 21.9. The summed E-state index contributed by atoms with van der Waals surface area (Å²) >= 11 is 10.8. The Morgan fingerprint density at radius 3 is 0.769 bits per heavy atom. The number of hydrogen-bond donors (Lipinski definition) is 11. The van der Waals surface area contributed by atoms with Crippen molar-refractivity contribution >= 4 is 159 Å². The maximum absolute atomic E-state index is 11.3. The number of aliphatic hydroxyl groups excluding tert-OH is 6. The summed E-state index contributed by atoms with van der Waals surface area (Å²) in [5.41, 5.74) is 41.2. The lowest BCUT2D eigenvalue weighted by molar-refractivity contribution is -0.384. The molecule has 7 unspecified atom stereocenters. The number of nitrogens with one attached hydrogen (secondary N) is 2. The first-order valence-corrected chi connectivity index (χ1v) is 54.8. The molecule has 34 nitrogen and oxygen atoms in total. The van der Waals surface area contributed by atoms with Crippen LogP contribution in [0.25, 0.3) is 74.0 Å². The number of benzene rings is 7. The zero-order valence-electron chi connectivity index (χ0n) is 85.3. The lowest BCUT2D eigenvalue weighted by Gasteiger charge is -2.23. The van der Waals surface area contributed by atoms with Crippen LogP contribution < -0.4 is 57.2 Å². The molecule has 0 spiro atoms. The van der Waals surface area contributed by atoms with Gasteiger partial charge in [0.1, 0.15) is 52.1 Å². The highest BCUT2D eigenvalue weighted by Crippen LogP contribution is 2.49. The number of ether oxygens (including phenoxy) is 1. The molecule has 41 heteroatoms. The van der Waals surface area contributed by atoms with Gasteiger partial charge < -0.3 is 92.6 Å². The number of nitro groups is 3. The molecule has 7 aliphatic carbocycles. The van der Waals surface area contributed by atoms with Crippen molar-refractivity contribution in [1.29, 1.82) is 0 Å². The van der Waals surface area contributed by atoms with E-state index in [1.165, 1.54) is 62.0 Å². The largest absolute Gasteiger partial charge is 0.397 e. The maximum Gasteiger partial charge on any atom is 0.293 e. The van der Waals surface area contributed by atoms with E-state index in [1.807, 2.05) is 106 Å². The van der Waals surface area contributed by atoms with E-state index in [2.05, 4.69) is 104 Å². The molecular weight excluding hydrogens is 2000 g/mol. The molecular formula is C106H129N21O13S7. The minimum absolute atomic E-state index is 0.0312. The minimum atomic E-state index is -0.453. The Kier molecular flexibility index (Phi) is 35.8. The van der Waals surface area contributed by atoms with E-state index in [1.54, 1.807) is 128 Å². The number of thiazole rings is 7. The van der Waals surface area contributed by atoms with Crippen molar-refractivity contribution in [2.45, 2.75) is 178 Å². The zero-order valence-corrected chi connectivity index (χ0v) is 91.0. The average Bonchev–Trinajstić information content (AvgIpc) is 1.54. The summed E-state index contributed by atoms with van der Waals surface area (Å²) in [7, 11) is 28.6. The summed E-state index contributed by atoms with van der Waals surface area (Å²) in [5, 5.41) is 106. The molecule has 7 aromatic heterocycles. The summed E-state index contributed by atoms with van der Waals surface area (Å²) in [5.74, 6) is 0. The van der Waals surface area contributed by atoms with Crippen molar-refractivity contribution in [1.82, 2.24) is 34.9 Å². The van der Waals surface area contributed by atoms with Gasteiger partial charge >= 0.3 is 0 Å². The van der Waals surface area contributed by atoms with Crippen molar-refractivity contribution in [3.8, 4) is 74.0 Å². The first kappa shape index (κ1) is 109. The van der Waals surface area contributed by atoms with Gasteiger partial charge in [-0.15, -0.1) is 79.4 Å². The number of anilines is 11. The summed E-state index contributed by atoms with van der Waals surface area (Å²) in [6.45, 7) is 0. The van der Waals surface area contributed by atoms with Crippen molar-refractivity contribution in [3.63, 3.8) is 0 Å². The highest BCUT2D eigenvalue weighted by Gasteiger charge is 2.34. The van der Waals surface area contributed by atoms with Gasteiger partial charge in [0.25, 0.3) is 17.1 Å². The van der Waals surface area contributed by atoms with Gasteiger partial charge in [-0.05, 0) is 244 Å². The fourth-order valence-electron chi connectivity index (χ4n) is 18.7. The molecule has 7 aliphatic rings. The third kappa shape index (κ3) is 25.3. The van der Waals surface area contributed by atoms with Crippen LogP contribution in [0.1, 0.15) is 207 Å². The molecule has 7 heterocycles. The van der Waals surface area contributed by atoms with Crippen LogP contribution in [0.4, 0.5) is 79.6 Å². The highest BCUT2D eigenvalue weighted by atomic mass is 32.1. The molecule has 0 aliphatic heterocycles. The highest BCUT2D eigenvalue weighted by molar-refractivity contribution is 7.17. The fourth-order valence-corrected chi connectivity index (χ4v) is 26.7. The first-order chi connectivity index (χ1) is 70.3. The van der Waals surface area contributed by atoms with Crippen molar-refractivity contribution < 1.29 is 50.1 Å². The van der Waals surface area contributed by atoms with Crippen LogP contribution in [0.3, 0.4) is 0 Å². The molecule has 147 heavy (non-hydrogen) atoms. The Hall–Kier alpha value is -12.3. The van der Waals surface area contributed by atoms with Crippen molar-refractivity contribution in [3.05, 3.63) is 232 Å². The molecule has 0 fully saturated rings. The predicted molar refractivity (Wildman–Crippen MR) is 601 cm³/mol. The first-order valence-electron chi connectivity index (χ1n) is 49.0. The number of aliphatic hydroxyl groups is 6. The Balaban J connectivity index is 0.000000129. The number of aryl methyl sites for hydroxylation is 7. The van der Waals surface area contributed by atoms with Crippen LogP contribution in [0, 0.1) is 30.3 Å². The molecule has 0 bridgehead atoms. The normalized spacial score (nSPS) is 17.5. The van der Waals surface area contributed by atoms with Gasteiger partial charge in [0.05, 0.1) is 177 Å². The van der Waals surface area contributed by atoms with Gasteiger partial charge in [0, 0.05) is 163 Å². The summed E-state index contributed by atoms with van der Waals surface area (Å²) < 4.78 is 5.58. The molecule has 0 radical (unpaired) electrons. The third-order valence-electron chi connectivity index (χ3n) is 26.5. The number of fused-ring (bicyclic) bond motifs is 7. The van der Waals surface area contributed by atoms with E-state index in [4.69, 9.17) is 31.9 Å². The lowest BCUT2D eigenvalue weighted by atomic mass is 10.0. The van der Waals surface area contributed by atoms with Gasteiger partial charge in [-0.1, -0.05) is 0 Å². The summed E-state index contributed by atoms with van der Waals surface area (Å²) in [6.07, 6.45) is 17.3. The van der Waals surface area contributed by atoms with Crippen molar-refractivity contribution in [2.75, 3.05) is 163 Å². The van der Waals surface area contributed by atoms with Gasteiger partial charge in [-0.2, -0.15) is 0 Å². The van der Waals surface area contributed by atoms with E-state index in [-0.39, 0.29) is 51.3 Å². The number of nitro benzene ring substituents is 3. The molecule has 14 aromatic rings. The zero-order chi connectivity index (χ0) is 105. The lowest BCUT2D eigenvalue weighted by Crippen LogP contribution is -2.16. The fraction of sp³-hybridized carbons (Fsp3) is 0.406. The smallest absolute Gasteiger partial charge is 0.293 e. The Morgan fingerprint density at radius 1 is 0.293 bits per heavy atom. The van der Waals surface area contributed by atoms with E-state index < -0.39 is 23.2 Å². The number of aromatic nitrogens is 7. The number of nitrogen functional groups attached to an aromatic ring is 3. The molecule has 0 saturated heterocycles. The summed E-state index contributed by atoms with van der Waals surface area (Å²) in [6, 6.07) is 39.9. The van der Waals surface area contributed by atoms with Gasteiger partial charge in [-0.25, -0.2) is 34.9 Å². The Morgan fingerprint density at radius 2 is 0.517 bits per heavy atom. The van der Waals surface area contributed by atoms with Crippen LogP contribution in [-0.4, -0.2) is 186 Å². The van der Waals surface area contributed by atoms with E-state index >= 15 is 0 Å². The summed E-state index contributed by atoms with van der Waals surface area (Å²) in [4.78, 5) is 83.9. The van der Waals surface area contributed by atoms with Crippen molar-refractivity contribution in [2.24, 2.45) is 0 Å². The SMILES string of the molecule is CN(C)c1ccc(-c2nc3c(s2)C(O)CCC3)cc1N.CN(C)c1ccc(-c2nc3c(s2)C(O)CCC3)cc1N(C)C.CN(C)c1ccc(-c2nc3c(s2)C(O)CCC3)cc1[N+](=O)[O-].CN(C)c1ccc(-c2nc3c(s2)C(O)CCC3)cc1[N+](=O)[O-].CNc1ccc(-c2nc3c(s2)C(O)CCC3)cc1N.CNc1ccc(-c2nc3c(s2)C(O)CCC3)cc1[N+](=O)[O-].COC1CCCc2nc(-c3ccc(N(C)C)c(N)c3)sc21. The second-order valence-corrected chi connectivity index (χ2v) is 45.4. The van der Waals surface area contributed by atoms with Gasteiger partial charge in [0.2, 0.25) is 0 Å².